The third-order valence-corrected chi connectivity index (χ3v) is 2.93. The molecule has 0 aliphatic rings. The fourth-order valence-corrected chi connectivity index (χ4v) is 1.80. The van der Waals surface area contributed by atoms with Crippen LogP contribution in [-0.2, 0) is 4.79 Å². The predicted molar refractivity (Wildman–Crippen MR) is 67.1 cm³/mol. The van der Waals surface area contributed by atoms with Crippen LogP contribution in [0, 0.1) is 0 Å². The Morgan fingerprint density at radius 1 is 1.65 bits per heavy atom. The molecule has 1 rings (SSSR count). The molecule has 7 nitrogen and oxygen atoms in total. The molecule has 1 aromatic rings. The van der Waals surface area contributed by atoms with Crippen molar-refractivity contribution in [1.82, 2.24) is 25.1 Å². The number of nitrogens with one attached hydrogen (secondary N) is 1. The van der Waals surface area contributed by atoms with Gasteiger partial charge in [0.05, 0.1) is 5.75 Å². The zero-order valence-corrected chi connectivity index (χ0v) is 10.9. The van der Waals surface area contributed by atoms with Crippen LogP contribution in [0.2, 0.25) is 0 Å². The first kappa shape index (κ1) is 13.8. The highest BCUT2D eigenvalue weighted by Gasteiger charge is 2.06. The minimum atomic E-state index is -0.0169. The zero-order chi connectivity index (χ0) is 12.7. The highest BCUT2D eigenvalue weighted by molar-refractivity contribution is 7.99. The van der Waals surface area contributed by atoms with Gasteiger partial charge >= 0.3 is 0 Å². The third-order valence-electron chi connectivity index (χ3n) is 1.98. The van der Waals surface area contributed by atoms with Gasteiger partial charge in [-0.3, -0.25) is 4.79 Å². The number of thioether (sulfide) groups is 1. The van der Waals surface area contributed by atoms with Crippen LogP contribution in [0.5, 0.6) is 0 Å². The number of hydrogen-bond donors (Lipinski definition) is 2. The first-order valence-electron chi connectivity index (χ1n) is 5.29. The first-order chi connectivity index (χ1) is 8.09. The fraction of sp³-hybridized carbons (Fsp3) is 0.667. The second kappa shape index (κ2) is 7.13. The van der Waals surface area contributed by atoms with E-state index in [4.69, 9.17) is 5.84 Å². The summed E-state index contributed by atoms with van der Waals surface area (Å²) in [6.45, 7) is 1.65. The van der Waals surface area contributed by atoms with E-state index < -0.39 is 0 Å². The molecule has 0 aliphatic heterocycles. The molecule has 0 bridgehead atoms. The molecule has 0 aromatic carbocycles. The van der Waals surface area contributed by atoms with Crippen molar-refractivity contribution in [1.29, 1.82) is 0 Å². The predicted octanol–water partition coefficient (Wildman–Crippen LogP) is -0.848. The Morgan fingerprint density at radius 3 is 3.00 bits per heavy atom. The molecular formula is C9H18N6OS. The zero-order valence-electron chi connectivity index (χ0n) is 10.1. The number of carbonyl (C=O) groups excluding carboxylic acids is 1. The molecule has 0 spiro atoms. The molecule has 96 valence electrons. The summed E-state index contributed by atoms with van der Waals surface area (Å²) in [4.78, 5) is 13.5. The van der Waals surface area contributed by atoms with Gasteiger partial charge in [0, 0.05) is 6.54 Å². The van der Waals surface area contributed by atoms with Gasteiger partial charge in [-0.2, -0.15) is 0 Å². The van der Waals surface area contributed by atoms with Gasteiger partial charge in [0.1, 0.15) is 6.33 Å². The van der Waals surface area contributed by atoms with E-state index in [0.717, 1.165) is 13.0 Å². The SMILES string of the molecule is CN(C)CCCNC(=O)CSc1nncn1N. The maximum atomic E-state index is 11.5. The Hall–Kier alpha value is -1.28. The Balaban J connectivity index is 2.11. The number of nitrogens with two attached hydrogens (primary N) is 1. The lowest BCUT2D eigenvalue weighted by Crippen LogP contribution is -2.28. The Bertz CT molecular complexity index is 353. The number of rotatable bonds is 7. The van der Waals surface area contributed by atoms with Gasteiger partial charge in [0.2, 0.25) is 11.1 Å². The summed E-state index contributed by atoms with van der Waals surface area (Å²) in [5.74, 6) is 5.80. The summed E-state index contributed by atoms with van der Waals surface area (Å²) in [6, 6.07) is 0. The Kier molecular flexibility index (Phi) is 5.78. The summed E-state index contributed by atoms with van der Waals surface area (Å²) in [7, 11) is 4.01. The van der Waals surface area contributed by atoms with Crippen molar-refractivity contribution >= 4 is 17.7 Å². The van der Waals surface area contributed by atoms with E-state index in [0.29, 0.717) is 17.5 Å². The summed E-state index contributed by atoms with van der Waals surface area (Å²) in [5.41, 5.74) is 0. The van der Waals surface area contributed by atoms with Crippen LogP contribution in [-0.4, -0.2) is 58.6 Å². The number of amides is 1. The summed E-state index contributed by atoms with van der Waals surface area (Å²) < 4.78 is 1.30. The quantitative estimate of drug-likeness (QED) is 0.376. The maximum Gasteiger partial charge on any atom is 0.230 e. The van der Waals surface area contributed by atoms with Crippen LogP contribution in [0.4, 0.5) is 0 Å². The Morgan fingerprint density at radius 2 is 2.41 bits per heavy atom. The smallest absolute Gasteiger partial charge is 0.230 e. The second-order valence-electron chi connectivity index (χ2n) is 3.82. The molecule has 1 aromatic heterocycles. The summed E-state index contributed by atoms with van der Waals surface area (Å²) >= 11 is 1.27. The minimum absolute atomic E-state index is 0.0169. The van der Waals surface area contributed by atoms with Crippen LogP contribution < -0.4 is 11.2 Å². The van der Waals surface area contributed by atoms with Gasteiger partial charge in [0.15, 0.2) is 0 Å². The van der Waals surface area contributed by atoms with Gasteiger partial charge in [-0.1, -0.05) is 11.8 Å². The van der Waals surface area contributed by atoms with Crippen LogP contribution in [0.3, 0.4) is 0 Å². The molecule has 0 saturated carbocycles. The lowest BCUT2D eigenvalue weighted by molar-refractivity contribution is -0.118. The molecule has 0 saturated heterocycles. The van der Waals surface area contributed by atoms with Crippen LogP contribution in [0.15, 0.2) is 11.5 Å². The molecule has 3 N–H and O–H groups in total. The summed E-state index contributed by atoms with van der Waals surface area (Å²) in [5, 5.41) is 10.8. The van der Waals surface area contributed by atoms with E-state index in [9.17, 15) is 4.79 Å². The van der Waals surface area contributed by atoms with E-state index in [2.05, 4.69) is 20.4 Å². The van der Waals surface area contributed by atoms with Crippen molar-refractivity contribution < 1.29 is 4.79 Å². The molecule has 0 atom stereocenters. The monoisotopic (exact) mass is 258 g/mol. The number of nitrogen functional groups attached to an aromatic ring is 1. The van der Waals surface area contributed by atoms with Crippen molar-refractivity contribution in [2.45, 2.75) is 11.6 Å². The van der Waals surface area contributed by atoms with E-state index in [1.807, 2.05) is 14.1 Å². The fourth-order valence-electron chi connectivity index (χ4n) is 1.14. The van der Waals surface area contributed by atoms with E-state index in [-0.39, 0.29) is 5.91 Å². The number of nitrogens with zero attached hydrogens (tertiary/aromatic N) is 4. The summed E-state index contributed by atoms with van der Waals surface area (Å²) in [6.07, 6.45) is 2.34. The molecule has 0 aliphatic carbocycles. The van der Waals surface area contributed by atoms with Crippen molar-refractivity contribution in [3.63, 3.8) is 0 Å². The van der Waals surface area contributed by atoms with Crippen LogP contribution >= 0.6 is 11.8 Å². The number of aromatic nitrogens is 3. The first-order valence-corrected chi connectivity index (χ1v) is 6.27. The average molecular weight is 258 g/mol. The van der Waals surface area contributed by atoms with Crippen molar-refractivity contribution in [3.8, 4) is 0 Å². The molecule has 1 heterocycles. The molecule has 0 fully saturated rings. The van der Waals surface area contributed by atoms with Crippen molar-refractivity contribution in [2.24, 2.45) is 0 Å². The molecule has 0 unspecified atom stereocenters. The largest absolute Gasteiger partial charge is 0.355 e. The minimum Gasteiger partial charge on any atom is -0.355 e. The highest BCUT2D eigenvalue weighted by atomic mass is 32.2. The van der Waals surface area contributed by atoms with Gasteiger partial charge in [-0.15, -0.1) is 10.2 Å². The normalized spacial score (nSPS) is 10.8. The van der Waals surface area contributed by atoms with Crippen LogP contribution in [0.1, 0.15) is 6.42 Å². The molecule has 1 amide bonds. The molecule has 17 heavy (non-hydrogen) atoms. The van der Waals surface area contributed by atoms with Gasteiger partial charge in [0.25, 0.3) is 0 Å². The molecule has 8 heteroatoms. The van der Waals surface area contributed by atoms with Gasteiger partial charge in [-0.25, -0.2) is 4.68 Å². The number of hydrogen-bond acceptors (Lipinski definition) is 6. The third kappa shape index (κ3) is 5.55. The maximum absolute atomic E-state index is 11.5. The molecular weight excluding hydrogens is 240 g/mol. The molecule has 0 radical (unpaired) electrons. The lowest BCUT2D eigenvalue weighted by Gasteiger charge is -2.09. The second-order valence-corrected chi connectivity index (χ2v) is 4.76. The van der Waals surface area contributed by atoms with E-state index in [1.165, 1.54) is 22.8 Å². The topological polar surface area (TPSA) is 89.1 Å². The Labute approximate surface area is 105 Å². The lowest BCUT2D eigenvalue weighted by atomic mass is 10.4. The average Bonchev–Trinajstić information content (AvgIpc) is 2.67. The van der Waals surface area contributed by atoms with Gasteiger partial charge in [-0.05, 0) is 27.1 Å². The van der Waals surface area contributed by atoms with Crippen molar-refractivity contribution in [2.75, 3.05) is 38.8 Å². The highest BCUT2D eigenvalue weighted by Crippen LogP contribution is 2.11. The van der Waals surface area contributed by atoms with E-state index >= 15 is 0 Å². The van der Waals surface area contributed by atoms with Gasteiger partial charge < -0.3 is 16.1 Å². The number of carbonyl (C=O) groups is 1. The standard InChI is InChI=1S/C9H18N6OS/c1-14(2)5-3-4-11-8(16)6-17-9-13-12-7-15(9)10/h7H,3-6,10H2,1-2H3,(H,11,16). The van der Waals surface area contributed by atoms with E-state index in [1.54, 1.807) is 0 Å². The van der Waals surface area contributed by atoms with Crippen LogP contribution in [0.25, 0.3) is 0 Å². The van der Waals surface area contributed by atoms with Crippen molar-refractivity contribution in [3.05, 3.63) is 6.33 Å².